The van der Waals surface area contributed by atoms with E-state index < -0.39 is 11.6 Å². The average molecular weight is 400 g/mol. The Kier molecular flexibility index (Phi) is 7.33. The largest absolute Gasteiger partial charge is 0.491 e. The Hall–Kier alpha value is -3.22. The van der Waals surface area contributed by atoms with Crippen LogP contribution in [0.5, 0.6) is 11.5 Å². The molecule has 3 rings (SSSR count). The van der Waals surface area contributed by atoms with Gasteiger partial charge in [0.25, 0.3) is 0 Å². The first kappa shape index (κ1) is 20.5. The molecular weight excluding hydrogens is 378 g/mol. The molecule has 29 heavy (non-hydrogen) atoms. The molecule has 0 unspecified atom stereocenters. The SMILES string of the molecule is O=C(CCCOc1ccc(F)cc1F)NCCCOc1cccc2cccnc12. The lowest BCUT2D eigenvalue weighted by Crippen LogP contribution is -2.25. The van der Waals surface area contributed by atoms with Gasteiger partial charge in [0.2, 0.25) is 5.91 Å². The second-order valence-corrected chi connectivity index (χ2v) is 6.41. The Bertz CT molecular complexity index is 960. The molecular formula is C22H22F2N2O3. The number of hydrogen-bond acceptors (Lipinski definition) is 4. The predicted octanol–water partition coefficient (Wildman–Crippen LogP) is 4.26. The molecule has 3 aromatic rings. The van der Waals surface area contributed by atoms with Crippen LogP contribution in [0.2, 0.25) is 0 Å². The van der Waals surface area contributed by atoms with Gasteiger partial charge in [-0.2, -0.15) is 0 Å². The second-order valence-electron chi connectivity index (χ2n) is 6.41. The molecule has 0 aliphatic heterocycles. The molecule has 1 aromatic heterocycles. The van der Waals surface area contributed by atoms with Crippen molar-refractivity contribution in [2.75, 3.05) is 19.8 Å². The molecule has 1 heterocycles. The van der Waals surface area contributed by atoms with Crippen molar-refractivity contribution in [3.8, 4) is 11.5 Å². The van der Waals surface area contributed by atoms with Crippen molar-refractivity contribution in [1.29, 1.82) is 0 Å². The summed E-state index contributed by atoms with van der Waals surface area (Å²) in [4.78, 5) is 16.2. The van der Waals surface area contributed by atoms with Gasteiger partial charge in [-0.25, -0.2) is 8.78 Å². The zero-order chi connectivity index (χ0) is 20.5. The number of fused-ring (bicyclic) bond motifs is 1. The molecule has 1 amide bonds. The van der Waals surface area contributed by atoms with Crippen LogP contribution in [0.15, 0.2) is 54.7 Å². The van der Waals surface area contributed by atoms with Crippen LogP contribution in [0.25, 0.3) is 10.9 Å². The standard InChI is InChI=1S/C22H22F2N2O3/c23-17-9-10-19(18(24)15-17)28-13-3-8-21(27)25-12-4-14-29-20-7-1-5-16-6-2-11-26-22(16)20/h1-2,5-7,9-11,15H,3-4,8,12-14H2,(H,25,27). The van der Waals surface area contributed by atoms with Crippen LogP contribution in [0, 0.1) is 11.6 Å². The number of nitrogens with one attached hydrogen (secondary N) is 1. The molecule has 7 heteroatoms. The second kappa shape index (κ2) is 10.4. The van der Waals surface area contributed by atoms with Gasteiger partial charge in [-0.1, -0.05) is 18.2 Å². The summed E-state index contributed by atoms with van der Waals surface area (Å²) in [5, 5.41) is 3.82. The van der Waals surface area contributed by atoms with Crippen molar-refractivity contribution in [3.63, 3.8) is 0 Å². The highest BCUT2D eigenvalue weighted by atomic mass is 19.1. The molecule has 0 aliphatic rings. The molecule has 0 radical (unpaired) electrons. The van der Waals surface area contributed by atoms with Crippen molar-refractivity contribution in [3.05, 3.63) is 66.4 Å². The van der Waals surface area contributed by atoms with E-state index >= 15 is 0 Å². The maximum absolute atomic E-state index is 13.4. The average Bonchev–Trinajstić information content (AvgIpc) is 2.72. The van der Waals surface area contributed by atoms with Gasteiger partial charge in [0.05, 0.1) is 13.2 Å². The van der Waals surface area contributed by atoms with Gasteiger partial charge in [0, 0.05) is 30.6 Å². The Labute approximate surface area is 167 Å². The van der Waals surface area contributed by atoms with E-state index in [0.717, 1.165) is 28.8 Å². The molecule has 0 fully saturated rings. The molecule has 0 spiro atoms. The molecule has 0 saturated carbocycles. The van der Waals surface area contributed by atoms with Crippen molar-refractivity contribution in [1.82, 2.24) is 10.3 Å². The number of hydrogen-bond donors (Lipinski definition) is 1. The van der Waals surface area contributed by atoms with Crippen molar-refractivity contribution < 1.29 is 23.0 Å². The van der Waals surface area contributed by atoms with Gasteiger partial charge in [-0.3, -0.25) is 9.78 Å². The maximum atomic E-state index is 13.4. The van der Waals surface area contributed by atoms with Gasteiger partial charge in [-0.05, 0) is 37.1 Å². The Morgan fingerprint density at radius 3 is 2.62 bits per heavy atom. The fourth-order valence-electron chi connectivity index (χ4n) is 2.77. The smallest absolute Gasteiger partial charge is 0.220 e. The third-order valence-corrected chi connectivity index (χ3v) is 4.20. The van der Waals surface area contributed by atoms with Crippen LogP contribution >= 0.6 is 0 Å². The number of rotatable bonds is 10. The third kappa shape index (κ3) is 6.14. The van der Waals surface area contributed by atoms with Gasteiger partial charge in [0.1, 0.15) is 17.1 Å². The fourth-order valence-corrected chi connectivity index (χ4v) is 2.77. The minimum atomic E-state index is -0.754. The van der Waals surface area contributed by atoms with E-state index in [1.54, 1.807) is 6.20 Å². The number of ether oxygens (including phenoxy) is 2. The molecule has 2 aromatic carbocycles. The fraction of sp³-hybridized carbons (Fsp3) is 0.273. The molecule has 152 valence electrons. The molecule has 0 saturated heterocycles. The summed E-state index contributed by atoms with van der Waals surface area (Å²) in [6, 6.07) is 12.7. The minimum Gasteiger partial charge on any atom is -0.491 e. The van der Waals surface area contributed by atoms with E-state index in [4.69, 9.17) is 9.47 Å². The Balaban J connectivity index is 1.29. The summed E-state index contributed by atoms with van der Waals surface area (Å²) in [7, 11) is 0. The molecule has 0 bridgehead atoms. The summed E-state index contributed by atoms with van der Waals surface area (Å²) in [6.07, 6.45) is 3.08. The van der Waals surface area contributed by atoms with Crippen molar-refractivity contribution in [2.24, 2.45) is 0 Å². The number of carbonyl (C=O) groups excluding carboxylic acids is 1. The van der Waals surface area contributed by atoms with Gasteiger partial charge >= 0.3 is 0 Å². The number of para-hydroxylation sites is 1. The summed E-state index contributed by atoms with van der Waals surface area (Å²) in [5.74, 6) is -0.822. The van der Waals surface area contributed by atoms with Crippen LogP contribution in [-0.2, 0) is 4.79 Å². The van der Waals surface area contributed by atoms with Crippen molar-refractivity contribution >= 4 is 16.8 Å². The molecule has 5 nitrogen and oxygen atoms in total. The number of halogens is 2. The number of benzene rings is 2. The first-order valence-electron chi connectivity index (χ1n) is 9.44. The lowest BCUT2D eigenvalue weighted by Gasteiger charge is -2.10. The first-order valence-corrected chi connectivity index (χ1v) is 9.44. The van der Waals surface area contributed by atoms with E-state index in [9.17, 15) is 13.6 Å². The Morgan fingerprint density at radius 2 is 1.76 bits per heavy atom. The molecule has 0 atom stereocenters. The van der Waals surface area contributed by atoms with Gasteiger partial charge in [-0.15, -0.1) is 0 Å². The highest BCUT2D eigenvalue weighted by molar-refractivity contribution is 5.84. The molecule has 0 aliphatic carbocycles. The summed E-state index contributed by atoms with van der Waals surface area (Å²) in [6.45, 7) is 1.13. The highest BCUT2D eigenvalue weighted by Gasteiger charge is 2.06. The Morgan fingerprint density at radius 1 is 0.966 bits per heavy atom. The highest BCUT2D eigenvalue weighted by Crippen LogP contribution is 2.23. The number of nitrogens with zero attached hydrogens (tertiary/aromatic N) is 1. The summed E-state index contributed by atoms with van der Waals surface area (Å²) < 4.78 is 37.2. The number of amides is 1. The zero-order valence-corrected chi connectivity index (χ0v) is 15.9. The third-order valence-electron chi connectivity index (χ3n) is 4.20. The predicted molar refractivity (Wildman–Crippen MR) is 106 cm³/mol. The normalized spacial score (nSPS) is 10.7. The topological polar surface area (TPSA) is 60.5 Å². The zero-order valence-electron chi connectivity index (χ0n) is 15.9. The van der Waals surface area contributed by atoms with E-state index in [-0.39, 0.29) is 24.7 Å². The quantitative estimate of drug-likeness (QED) is 0.517. The number of pyridine rings is 1. The lowest BCUT2D eigenvalue weighted by molar-refractivity contribution is -0.121. The monoisotopic (exact) mass is 400 g/mol. The van der Waals surface area contributed by atoms with Crippen LogP contribution in [0.3, 0.4) is 0 Å². The van der Waals surface area contributed by atoms with Gasteiger partial charge < -0.3 is 14.8 Å². The van der Waals surface area contributed by atoms with Gasteiger partial charge in [0.15, 0.2) is 11.6 Å². The lowest BCUT2D eigenvalue weighted by atomic mass is 10.2. The summed E-state index contributed by atoms with van der Waals surface area (Å²) >= 11 is 0. The molecule has 1 N–H and O–H groups in total. The maximum Gasteiger partial charge on any atom is 0.220 e. The van der Waals surface area contributed by atoms with Crippen LogP contribution in [0.1, 0.15) is 19.3 Å². The van der Waals surface area contributed by atoms with Crippen LogP contribution < -0.4 is 14.8 Å². The first-order chi connectivity index (χ1) is 14.1. The van der Waals surface area contributed by atoms with E-state index in [2.05, 4.69) is 10.3 Å². The number of carbonyl (C=O) groups is 1. The van der Waals surface area contributed by atoms with E-state index in [1.165, 1.54) is 6.07 Å². The number of aromatic nitrogens is 1. The minimum absolute atomic E-state index is 0.0214. The summed E-state index contributed by atoms with van der Waals surface area (Å²) in [5.41, 5.74) is 0.816. The van der Waals surface area contributed by atoms with Crippen LogP contribution in [0.4, 0.5) is 8.78 Å². The van der Waals surface area contributed by atoms with E-state index in [0.29, 0.717) is 26.0 Å². The van der Waals surface area contributed by atoms with Crippen molar-refractivity contribution in [2.45, 2.75) is 19.3 Å². The van der Waals surface area contributed by atoms with E-state index in [1.807, 2.05) is 30.3 Å². The van der Waals surface area contributed by atoms with Crippen LogP contribution in [-0.4, -0.2) is 30.6 Å².